The summed E-state index contributed by atoms with van der Waals surface area (Å²) >= 11 is 8.46. The Morgan fingerprint density at radius 1 is 1.36 bits per heavy atom. The van der Waals surface area contributed by atoms with Crippen molar-refractivity contribution in [3.05, 3.63) is 30.1 Å². The Morgan fingerprint density at radius 2 is 2.09 bits per heavy atom. The van der Waals surface area contributed by atoms with E-state index in [0.717, 1.165) is 5.69 Å². The zero-order chi connectivity index (χ0) is 8.27. The summed E-state index contributed by atoms with van der Waals surface area (Å²) in [6.45, 7) is 2.06. The molecule has 0 spiro atoms. The van der Waals surface area contributed by atoms with E-state index >= 15 is 0 Å². The monoisotopic (exact) mass is 185 g/mol. The van der Waals surface area contributed by atoms with Crippen LogP contribution in [0.25, 0.3) is 0 Å². The zero-order valence-corrected chi connectivity index (χ0v) is 8.09. The lowest BCUT2D eigenvalue weighted by Crippen LogP contribution is -2.04. The summed E-state index contributed by atoms with van der Waals surface area (Å²) in [4.78, 5) is 4.20. The van der Waals surface area contributed by atoms with Gasteiger partial charge in [0.05, 0.1) is 4.58 Å². The van der Waals surface area contributed by atoms with Gasteiger partial charge in [0.2, 0.25) is 0 Å². The van der Waals surface area contributed by atoms with Crippen LogP contribution in [0, 0.1) is 0 Å². The first-order chi connectivity index (χ1) is 5.22. The Bertz CT molecular complexity index is 211. The van der Waals surface area contributed by atoms with Crippen LogP contribution in [0.2, 0.25) is 0 Å². The highest BCUT2D eigenvalue weighted by Crippen LogP contribution is 2.22. The molecule has 1 nitrogen and oxygen atoms in total. The van der Waals surface area contributed by atoms with Crippen molar-refractivity contribution in [1.82, 2.24) is 4.98 Å². The molecule has 11 heavy (non-hydrogen) atoms. The van der Waals surface area contributed by atoms with Gasteiger partial charge in [0.25, 0.3) is 0 Å². The molecule has 0 bridgehead atoms. The van der Waals surface area contributed by atoms with Crippen LogP contribution in [0.15, 0.2) is 24.4 Å². The predicted octanol–water partition coefficient (Wildman–Crippen LogP) is 2.37. The molecule has 0 saturated heterocycles. The number of hydrogen-bond acceptors (Lipinski definition) is 3. The predicted molar refractivity (Wildman–Crippen MR) is 54.4 cm³/mol. The van der Waals surface area contributed by atoms with Gasteiger partial charge in [-0.05, 0) is 12.1 Å². The minimum atomic E-state index is 0.0601. The van der Waals surface area contributed by atoms with Crippen LogP contribution in [-0.2, 0) is 0 Å². The molecule has 0 aliphatic rings. The molecule has 0 amide bonds. The summed E-state index contributed by atoms with van der Waals surface area (Å²) in [6, 6.07) is 5.87. The average Bonchev–Trinajstić information content (AvgIpc) is 2.05. The molecule has 0 aliphatic carbocycles. The van der Waals surface area contributed by atoms with Crippen molar-refractivity contribution in [2.45, 2.75) is 17.4 Å². The SMILES string of the molecule is CC(c1ccccn1)C(S)S. The van der Waals surface area contributed by atoms with Crippen molar-refractivity contribution in [2.75, 3.05) is 0 Å². The quantitative estimate of drug-likeness (QED) is 0.533. The van der Waals surface area contributed by atoms with Gasteiger partial charge in [-0.25, -0.2) is 0 Å². The first-order valence-electron chi connectivity index (χ1n) is 3.49. The Hall–Kier alpha value is -0.150. The number of nitrogens with zero attached hydrogens (tertiary/aromatic N) is 1. The second kappa shape index (κ2) is 4.02. The van der Waals surface area contributed by atoms with Crippen LogP contribution in [-0.4, -0.2) is 9.57 Å². The highest BCUT2D eigenvalue weighted by Gasteiger charge is 2.11. The first-order valence-corrected chi connectivity index (χ1v) is 4.52. The van der Waals surface area contributed by atoms with Gasteiger partial charge in [0.1, 0.15) is 0 Å². The topological polar surface area (TPSA) is 12.9 Å². The van der Waals surface area contributed by atoms with Gasteiger partial charge in [0, 0.05) is 17.8 Å². The van der Waals surface area contributed by atoms with Crippen LogP contribution in [0.1, 0.15) is 18.5 Å². The van der Waals surface area contributed by atoms with Gasteiger partial charge in [0.15, 0.2) is 0 Å². The lowest BCUT2D eigenvalue weighted by Gasteiger charge is -2.12. The smallest absolute Gasteiger partial charge is 0.0523 e. The second-order valence-corrected chi connectivity index (χ2v) is 3.98. The van der Waals surface area contributed by atoms with Gasteiger partial charge in [-0.1, -0.05) is 13.0 Å². The molecule has 0 saturated carbocycles. The third-order valence-electron chi connectivity index (χ3n) is 1.60. The number of rotatable bonds is 2. The van der Waals surface area contributed by atoms with Crippen molar-refractivity contribution < 1.29 is 0 Å². The number of pyridine rings is 1. The van der Waals surface area contributed by atoms with Gasteiger partial charge >= 0.3 is 0 Å². The molecule has 1 aromatic heterocycles. The minimum Gasteiger partial charge on any atom is -0.261 e. The molecule has 1 heterocycles. The van der Waals surface area contributed by atoms with E-state index in [2.05, 4.69) is 37.2 Å². The van der Waals surface area contributed by atoms with Crippen LogP contribution in [0.5, 0.6) is 0 Å². The normalized spacial score (nSPS) is 13.5. The molecule has 0 fully saturated rings. The standard InChI is InChI=1S/C8H11NS2/c1-6(8(10)11)7-4-2-3-5-9-7/h2-6,8,10-11H,1H3. The van der Waals surface area contributed by atoms with Gasteiger partial charge in [-0.2, -0.15) is 25.3 Å². The van der Waals surface area contributed by atoms with E-state index in [1.54, 1.807) is 6.20 Å². The van der Waals surface area contributed by atoms with Crippen molar-refractivity contribution in [3.8, 4) is 0 Å². The Kier molecular flexibility index (Phi) is 3.27. The first kappa shape index (κ1) is 8.94. The Morgan fingerprint density at radius 3 is 2.55 bits per heavy atom. The van der Waals surface area contributed by atoms with Crippen LogP contribution < -0.4 is 0 Å². The van der Waals surface area contributed by atoms with E-state index in [0.29, 0.717) is 5.92 Å². The molecule has 3 heteroatoms. The van der Waals surface area contributed by atoms with E-state index in [9.17, 15) is 0 Å². The molecule has 0 aliphatic heterocycles. The summed E-state index contributed by atoms with van der Waals surface area (Å²) in [5, 5.41) is 0. The van der Waals surface area contributed by atoms with Crippen molar-refractivity contribution in [3.63, 3.8) is 0 Å². The van der Waals surface area contributed by atoms with E-state index in [-0.39, 0.29) is 4.58 Å². The van der Waals surface area contributed by atoms with Gasteiger partial charge in [-0.15, -0.1) is 0 Å². The molecule has 0 aromatic carbocycles. The van der Waals surface area contributed by atoms with Crippen molar-refractivity contribution in [2.24, 2.45) is 0 Å². The summed E-state index contributed by atoms with van der Waals surface area (Å²) in [5.41, 5.74) is 1.04. The summed E-state index contributed by atoms with van der Waals surface area (Å²) in [5.74, 6) is 0.294. The fourth-order valence-electron chi connectivity index (χ4n) is 0.798. The van der Waals surface area contributed by atoms with Crippen LogP contribution in [0.3, 0.4) is 0 Å². The average molecular weight is 185 g/mol. The van der Waals surface area contributed by atoms with Crippen molar-refractivity contribution in [1.29, 1.82) is 0 Å². The van der Waals surface area contributed by atoms with Gasteiger partial charge in [-0.3, -0.25) is 4.98 Å². The molecule has 1 atom stereocenters. The molecule has 1 rings (SSSR count). The molecular weight excluding hydrogens is 174 g/mol. The second-order valence-electron chi connectivity index (χ2n) is 2.46. The zero-order valence-electron chi connectivity index (χ0n) is 6.31. The highest BCUT2D eigenvalue weighted by molar-refractivity contribution is 7.99. The van der Waals surface area contributed by atoms with Crippen LogP contribution in [0.4, 0.5) is 0 Å². The van der Waals surface area contributed by atoms with E-state index in [4.69, 9.17) is 0 Å². The lowest BCUT2D eigenvalue weighted by atomic mass is 10.1. The molecular formula is C8H11NS2. The molecule has 60 valence electrons. The number of thiol groups is 2. The molecule has 0 N–H and O–H groups in total. The summed E-state index contributed by atoms with van der Waals surface area (Å²) in [6.07, 6.45) is 1.79. The van der Waals surface area contributed by atoms with Gasteiger partial charge < -0.3 is 0 Å². The third kappa shape index (κ3) is 2.42. The Balaban J connectivity index is 2.77. The van der Waals surface area contributed by atoms with E-state index in [1.165, 1.54) is 0 Å². The molecule has 0 radical (unpaired) electrons. The largest absolute Gasteiger partial charge is 0.261 e. The maximum atomic E-state index is 4.23. The maximum absolute atomic E-state index is 4.23. The number of aromatic nitrogens is 1. The molecule has 1 aromatic rings. The lowest BCUT2D eigenvalue weighted by molar-refractivity contribution is 0.812. The fraction of sp³-hybridized carbons (Fsp3) is 0.375. The fourth-order valence-corrected chi connectivity index (χ4v) is 1.10. The van der Waals surface area contributed by atoms with E-state index < -0.39 is 0 Å². The van der Waals surface area contributed by atoms with Crippen LogP contribution >= 0.6 is 25.3 Å². The minimum absolute atomic E-state index is 0.0601. The highest BCUT2D eigenvalue weighted by atomic mass is 32.2. The maximum Gasteiger partial charge on any atom is 0.0523 e. The summed E-state index contributed by atoms with van der Waals surface area (Å²) < 4.78 is 0.0601. The third-order valence-corrected chi connectivity index (χ3v) is 2.50. The summed E-state index contributed by atoms with van der Waals surface area (Å²) in [7, 11) is 0. The molecule has 1 unspecified atom stereocenters. The van der Waals surface area contributed by atoms with Crippen molar-refractivity contribution >= 4 is 25.3 Å². The number of hydrogen-bond donors (Lipinski definition) is 2. The van der Waals surface area contributed by atoms with E-state index in [1.807, 2.05) is 18.2 Å². The Labute approximate surface area is 78.1 Å².